The molecule has 5 nitrogen and oxygen atoms in total. The third kappa shape index (κ3) is 2.56. The number of aromatic nitrogens is 3. The molecule has 0 radical (unpaired) electrons. The van der Waals surface area contributed by atoms with E-state index in [0.29, 0.717) is 12.1 Å². The number of fused-ring (bicyclic) bond motifs is 2. The van der Waals surface area contributed by atoms with Crippen LogP contribution in [-0.2, 0) is 6.42 Å². The summed E-state index contributed by atoms with van der Waals surface area (Å²) in [5.74, 6) is 5.65. The minimum atomic E-state index is 0.588. The second-order valence-electron chi connectivity index (χ2n) is 5.49. The molecule has 0 saturated heterocycles. The van der Waals surface area contributed by atoms with Crippen LogP contribution in [0.4, 0.5) is 0 Å². The number of nitrogens with two attached hydrogens (primary N) is 1. The predicted octanol–water partition coefficient (Wildman–Crippen LogP) is 3.08. The normalized spacial score (nSPS) is 11.9. The Kier molecular flexibility index (Phi) is 3.59. The molecule has 0 amide bonds. The average Bonchev–Trinajstić information content (AvgIpc) is 2.66. The quantitative estimate of drug-likeness (QED) is 0.358. The molecule has 0 bridgehead atoms. The van der Waals surface area contributed by atoms with Gasteiger partial charge in [-0.2, -0.15) is 5.10 Å². The number of hydrogen-bond donors (Lipinski definition) is 1. The number of benzene rings is 1. The van der Waals surface area contributed by atoms with Crippen molar-refractivity contribution >= 4 is 27.6 Å². The molecule has 0 aliphatic rings. The monoisotopic (exact) mass is 313 g/mol. The van der Waals surface area contributed by atoms with Crippen LogP contribution in [-0.4, -0.2) is 20.7 Å². The van der Waals surface area contributed by atoms with Gasteiger partial charge in [0.05, 0.1) is 16.9 Å². The highest BCUT2D eigenvalue weighted by Crippen LogP contribution is 2.19. The fourth-order valence-electron chi connectivity index (χ4n) is 2.81. The zero-order valence-corrected chi connectivity index (χ0v) is 12.9. The summed E-state index contributed by atoms with van der Waals surface area (Å²) in [4.78, 5) is 13.3. The van der Waals surface area contributed by atoms with E-state index in [0.717, 1.165) is 33.3 Å². The van der Waals surface area contributed by atoms with E-state index >= 15 is 0 Å². The highest BCUT2D eigenvalue weighted by atomic mass is 15.1. The van der Waals surface area contributed by atoms with Gasteiger partial charge in [0.2, 0.25) is 0 Å². The molecule has 1 aromatic carbocycles. The van der Waals surface area contributed by atoms with Crippen molar-refractivity contribution in [3.05, 3.63) is 78.2 Å². The fraction of sp³-hybridized carbons (Fsp3) is 0.0526. The van der Waals surface area contributed by atoms with Gasteiger partial charge in [-0.05, 0) is 42.0 Å². The summed E-state index contributed by atoms with van der Waals surface area (Å²) in [6.07, 6.45) is 4.13. The lowest BCUT2D eigenvalue weighted by molar-refractivity contribution is 1.16. The summed E-state index contributed by atoms with van der Waals surface area (Å²) in [6.45, 7) is 0. The molecule has 0 aliphatic heterocycles. The zero-order valence-electron chi connectivity index (χ0n) is 12.9. The Morgan fingerprint density at radius 1 is 0.917 bits per heavy atom. The van der Waals surface area contributed by atoms with Gasteiger partial charge in [-0.3, -0.25) is 4.98 Å². The maximum atomic E-state index is 5.65. The van der Waals surface area contributed by atoms with Crippen molar-refractivity contribution < 1.29 is 0 Å². The topological polar surface area (TPSA) is 77.0 Å². The van der Waals surface area contributed by atoms with Crippen LogP contribution in [0.5, 0.6) is 0 Å². The highest BCUT2D eigenvalue weighted by Gasteiger charge is 2.10. The van der Waals surface area contributed by atoms with Gasteiger partial charge in [-0.15, -0.1) is 0 Å². The van der Waals surface area contributed by atoms with Crippen molar-refractivity contribution in [3.8, 4) is 0 Å². The molecule has 3 aromatic heterocycles. The summed E-state index contributed by atoms with van der Waals surface area (Å²) < 4.78 is 0. The molecule has 4 aromatic rings. The van der Waals surface area contributed by atoms with Gasteiger partial charge in [-0.1, -0.05) is 18.2 Å². The second-order valence-corrected chi connectivity index (χ2v) is 5.49. The number of pyridine rings is 3. The first-order chi connectivity index (χ1) is 11.8. The van der Waals surface area contributed by atoms with E-state index in [2.05, 4.69) is 26.1 Å². The average molecular weight is 313 g/mol. The molecule has 0 unspecified atom stereocenters. The van der Waals surface area contributed by atoms with E-state index in [1.165, 1.54) is 0 Å². The number of rotatable bonds is 3. The summed E-state index contributed by atoms with van der Waals surface area (Å²) in [5.41, 5.74) is 4.23. The van der Waals surface area contributed by atoms with Gasteiger partial charge in [0.15, 0.2) is 5.65 Å². The van der Waals surface area contributed by atoms with E-state index in [9.17, 15) is 0 Å². The van der Waals surface area contributed by atoms with Crippen LogP contribution < -0.4 is 5.84 Å². The second kappa shape index (κ2) is 6.04. The fourth-order valence-corrected chi connectivity index (χ4v) is 2.81. The van der Waals surface area contributed by atoms with Gasteiger partial charge < -0.3 is 5.84 Å². The molecular formula is C19H15N5. The molecule has 0 fully saturated rings. The molecule has 3 heterocycles. The molecule has 0 aliphatic carbocycles. The maximum absolute atomic E-state index is 5.65. The number of nitrogens with zero attached hydrogens (tertiary/aromatic N) is 4. The lowest BCUT2D eigenvalue weighted by Gasteiger charge is -2.08. The standard InChI is InChI=1S/C19H15N5/c20-24-18(17-8-7-13-4-3-10-22-19(13)23-17)12-14-9-11-21-16-6-2-1-5-15(14)16/h1-11H,12,20H2/b24-18-. The molecule has 4 rings (SSSR count). The minimum absolute atomic E-state index is 0.588. The summed E-state index contributed by atoms with van der Waals surface area (Å²) in [7, 11) is 0. The van der Waals surface area contributed by atoms with E-state index in [-0.39, 0.29) is 0 Å². The predicted molar refractivity (Wildman–Crippen MR) is 95.7 cm³/mol. The van der Waals surface area contributed by atoms with Crippen molar-refractivity contribution in [2.24, 2.45) is 10.9 Å². The van der Waals surface area contributed by atoms with Crippen LogP contribution in [0.25, 0.3) is 21.9 Å². The summed E-state index contributed by atoms with van der Waals surface area (Å²) in [5, 5.41) is 6.06. The molecule has 116 valence electrons. The molecule has 2 N–H and O–H groups in total. The van der Waals surface area contributed by atoms with Gasteiger partial charge in [0.25, 0.3) is 0 Å². The number of hydrazone groups is 1. The molecule has 5 heteroatoms. The van der Waals surface area contributed by atoms with Crippen molar-refractivity contribution in [2.75, 3.05) is 0 Å². The lowest BCUT2D eigenvalue weighted by Crippen LogP contribution is -2.11. The Morgan fingerprint density at radius 3 is 2.75 bits per heavy atom. The van der Waals surface area contributed by atoms with E-state index in [1.807, 2.05) is 48.5 Å². The number of para-hydroxylation sites is 1. The van der Waals surface area contributed by atoms with E-state index < -0.39 is 0 Å². The summed E-state index contributed by atoms with van der Waals surface area (Å²) in [6, 6.07) is 17.8. The van der Waals surface area contributed by atoms with Crippen LogP contribution in [0.1, 0.15) is 11.3 Å². The third-order valence-corrected chi connectivity index (χ3v) is 4.01. The largest absolute Gasteiger partial charge is 0.323 e. The molecule has 24 heavy (non-hydrogen) atoms. The van der Waals surface area contributed by atoms with E-state index in [4.69, 9.17) is 5.84 Å². The Hall–Kier alpha value is -3.34. The SMILES string of the molecule is N/N=C(/Cc1ccnc2ccccc12)c1ccc2cccnc2n1. The van der Waals surface area contributed by atoms with Crippen LogP contribution in [0.15, 0.2) is 72.1 Å². The van der Waals surface area contributed by atoms with Crippen LogP contribution >= 0.6 is 0 Å². The molecule has 0 saturated carbocycles. The van der Waals surface area contributed by atoms with Crippen molar-refractivity contribution in [2.45, 2.75) is 6.42 Å². The van der Waals surface area contributed by atoms with Gasteiger partial charge in [-0.25, -0.2) is 9.97 Å². The first-order valence-electron chi connectivity index (χ1n) is 7.67. The van der Waals surface area contributed by atoms with E-state index in [1.54, 1.807) is 12.4 Å². The van der Waals surface area contributed by atoms with Gasteiger partial charge >= 0.3 is 0 Å². The van der Waals surface area contributed by atoms with Gasteiger partial charge in [0.1, 0.15) is 0 Å². The first kappa shape index (κ1) is 14.3. The van der Waals surface area contributed by atoms with Crippen molar-refractivity contribution in [1.29, 1.82) is 0 Å². The molecule has 0 atom stereocenters. The lowest BCUT2D eigenvalue weighted by atomic mass is 10.0. The Morgan fingerprint density at radius 2 is 1.83 bits per heavy atom. The molecular weight excluding hydrogens is 298 g/mol. The smallest absolute Gasteiger partial charge is 0.159 e. The number of hydrogen-bond acceptors (Lipinski definition) is 5. The Bertz CT molecular complexity index is 1050. The minimum Gasteiger partial charge on any atom is -0.323 e. The summed E-state index contributed by atoms with van der Waals surface area (Å²) >= 11 is 0. The first-order valence-corrected chi connectivity index (χ1v) is 7.67. The zero-order chi connectivity index (χ0) is 16.4. The third-order valence-electron chi connectivity index (χ3n) is 4.01. The maximum Gasteiger partial charge on any atom is 0.159 e. The van der Waals surface area contributed by atoms with Crippen LogP contribution in [0.3, 0.4) is 0 Å². The van der Waals surface area contributed by atoms with Crippen molar-refractivity contribution in [1.82, 2.24) is 15.0 Å². The molecule has 0 spiro atoms. The Labute approximate surface area is 138 Å². The Balaban J connectivity index is 1.75. The highest BCUT2D eigenvalue weighted by molar-refractivity contribution is 6.03. The van der Waals surface area contributed by atoms with Crippen molar-refractivity contribution in [3.63, 3.8) is 0 Å². The van der Waals surface area contributed by atoms with Gasteiger partial charge in [0, 0.05) is 29.6 Å². The van der Waals surface area contributed by atoms with Crippen LogP contribution in [0.2, 0.25) is 0 Å². The van der Waals surface area contributed by atoms with Crippen LogP contribution in [0, 0.1) is 0 Å².